The number of benzene rings is 1. The van der Waals surface area contributed by atoms with Crippen LogP contribution >= 0.6 is 0 Å². The molecule has 1 fully saturated rings. The van der Waals surface area contributed by atoms with Gasteiger partial charge in [-0.05, 0) is 62.3 Å². The maximum Gasteiger partial charge on any atom is 0.338 e. The number of aryl methyl sites for hydroxylation is 1. The number of rotatable bonds is 2. The predicted octanol–water partition coefficient (Wildman–Crippen LogP) is 3.62. The number of hydrogen-bond donors (Lipinski definition) is 1. The Kier molecular flexibility index (Phi) is 4.13. The molecule has 0 bridgehead atoms. The van der Waals surface area contributed by atoms with Gasteiger partial charge >= 0.3 is 5.97 Å². The Hall–Kier alpha value is -1.51. The van der Waals surface area contributed by atoms with Crippen molar-refractivity contribution in [3.8, 4) is 0 Å². The molecular weight excluding hydrogens is 238 g/mol. The van der Waals surface area contributed by atoms with Crippen molar-refractivity contribution in [3.05, 3.63) is 28.8 Å². The van der Waals surface area contributed by atoms with Gasteiger partial charge in [0.15, 0.2) is 0 Å². The van der Waals surface area contributed by atoms with Crippen molar-refractivity contribution in [1.29, 1.82) is 0 Å². The number of nitrogens with two attached hydrogens (primary N) is 1. The lowest BCUT2D eigenvalue weighted by atomic mass is 9.88. The Morgan fingerprint density at radius 3 is 2.74 bits per heavy atom. The summed E-state index contributed by atoms with van der Waals surface area (Å²) in [5.74, 6) is 0.419. The molecule has 1 aromatic carbocycles. The van der Waals surface area contributed by atoms with Crippen LogP contribution in [0.2, 0.25) is 0 Å². The predicted molar refractivity (Wildman–Crippen MR) is 77.2 cm³/mol. The number of anilines is 1. The van der Waals surface area contributed by atoms with Crippen LogP contribution in [0.3, 0.4) is 0 Å². The molecule has 0 aliphatic heterocycles. The van der Waals surface area contributed by atoms with Crippen molar-refractivity contribution in [1.82, 2.24) is 0 Å². The summed E-state index contributed by atoms with van der Waals surface area (Å²) in [5, 5.41) is 0. The third-order valence-corrected chi connectivity index (χ3v) is 4.07. The van der Waals surface area contributed by atoms with Crippen LogP contribution in [0.4, 0.5) is 5.69 Å². The average molecular weight is 261 g/mol. The Morgan fingerprint density at radius 1 is 1.32 bits per heavy atom. The highest BCUT2D eigenvalue weighted by atomic mass is 16.5. The fourth-order valence-corrected chi connectivity index (χ4v) is 2.80. The Labute approximate surface area is 115 Å². The van der Waals surface area contributed by atoms with Crippen molar-refractivity contribution in [2.24, 2.45) is 5.92 Å². The maximum absolute atomic E-state index is 12.3. The van der Waals surface area contributed by atoms with Gasteiger partial charge in [-0.1, -0.05) is 13.3 Å². The topological polar surface area (TPSA) is 52.3 Å². The van der Waals surface area contributed by atoms with E-state index in [1.807, 2.05) is 19.9 Å². The molecular formula is C16H23NO2. The monoisotopic (exact) mass is 261 g/mol. The molecule has 2 N–H and O–H groups in total. The summed E-state index contributed by atoms with van der Waals surface area (Å²) >= 11 is 0. The van der Waals surface area contributed by atoms with Crippen LogP contribution < -0.4 is 5.73 Å². The second-order valence-electron chi connectivity index (χ2n) is 5.81. The largest absolute Gasteiger partial charge is 0.459 e. The third kappa shape index (κ3) is 3.28. The highest BCUT2D eigenvalue weighted by molar-refractivity contribution is 5.92. The van der Waals surface area contributed by atoms with Gasteiger partial charge in [0.25, 0.3) is 0 Å². The lowest BCUT2D eigenvalue weighted by Crippen LogP contribution is -2.25. The molecule has 1 aromatic rings. The minimum Gasteiger partial charge on any atom is -0.459 e. The van der Waals surface area contributed by atoms with Gasteiger partial charge in [-0.15, -0.1) is 0 Å². The van der Waals surface area contributed by atoms with E-state index < -0.39 is 0 Å². The summed E-state index contributed by atoms with van der Waals surface area (Å²) in [4.78, 5) is 12.3. The first-order chi connectivity index (χ1) is 8.97. The van der Waals surface area contributed by atoms with Gasteiger partial charge in [0.05, 0.1) is 5.56 Å². The summed E-state index contributed by atoms with van der Waals surface area (Å²) in [6, 6.07) is 3.60. The van der Waals surface area contributed by atoms with Crippen LogP contribution in [0, 0.1) is 19.8 Å². The molecule has 0 heterocycles. The molecule has 1 aliphatic rings. The van der Waals surface area contributed by atoms with Crippen LogP contribution in [0.1, 0.15) is 54.1 Å². The van der Waals surface area contributed by atoms with E-state index in [0.717, 1.165) is 30.4 Å². The van der Waals surface area contributed by atoms with Gasteiger partial charge in [0, 0.05) is 5.69 Å². The van der Waals surface area contributed by atoms with Crippen LogP contribution in [0.5, 0.6) is 0 Å². The number of nitrogen functional groups attached to an aromatic ring is 1. The van der Waals surface area contributed by atoms with Crippen molar-refractivity contribution in [2.75, 3.05) is 5.73 Å². The summed E-state index contributed by atoms with van der Waals surface area (Å²) < 4.78 is 5.64. The zero-order valence-corrected chi connectivity index (χ0v) is 12.0. The summed E-state index contributed by atoms with van der Waals surface area (Å²) in [5.41, 5.74) is 9.03. The molecule has 2 atom stereocenters. The van der Waals surface area contributed by atoms with Gasteiger partial charge in [-0.2, -0.15) is 0 Å². The first kappa shape index (κ1) is 13.9. The standard InChI is InChI=1S/C16H23NO2/c1-10-5-4-6-14(7-10)19-16(18)15-9-13(17)8-11(2)12(15)3/h8-10,14H,4-7,17H2,1-3H3. The van der Waals surface area contributed by atoms with Gasteiger partial charge in [-0.25, -0.2) is 4.79 Å². The van der Waals surface area contributed by atoms with Crippen molar-refractivity contribution >= 4 is 11.7 Å². The van der Waals surface area contributed by atoms with Gasteiger partial charge < -0.3 is 10.5 Å². The molecule has 0 aromatic heterocycles. The third-order valence-electron chi connectivity index (χ3n) is 4.07. The maximum atomic E-state index is 12.3. The smallest absolute Gasteiger partial charge is 0.338 e. The molecule has 2 rings (SSSR count). The Bertz CT molecular complexity index is 482. The second-order valence-corrected chi connectivity index (χ2v) is 5.81. The van der Waals surface area contributed by atoms with Crippen molar-refractivity contribution in [2.45, 2.75) is 52.6 Å². The first-order valence-electron chi connectivity index (χ1n) is 7.05. The van der Waals surface area contributed by atoms with E-state index in [1.54, 1.807) is 6.07 Å². The molecule has 1 saturated carbocycles. The molecule has 0 saturated heterocycles. The number of hydrogen-bond acceptors (Lipinski definition) is 3. The molecule has 0 amide bonds. The minimum absolute atomic E-state index is 0.0670. The zero-order valence-electron chi connectivity index (χ0n) is 12.0. The normalized spacial score (nSPS) is 23.1. The van der Waals surface area contributed by atoms with E-state index >= 15 is 0 Å². The fraction of sp³-hybridized carbons (Fsp3) is 0.562. The van der Waals surface area contributed by atoms with E-state index in [2.05, 4.69) is 6.92 Å². The SMILES string of the molecule is Cc1cc(N)cc(C(=O)OC2CCCC(C)C2)c1C. The van der Waals surface area contributed by atoms with E-state index in [0.29, 0.717) is 17.2 Å². The van der Waals surface area contributed by atoms with Gasteiger partial charge in [0.1, 0.15) is 6.10 Å². The number of esters is 1. The fourth-order valence-electron chi connectivity index (χ4n) is 2.80. The highest BCUT2D eigenvalue weighted by Gasteiger charge is 2.23. The minimum atomic E-state index is -0.230. The molecule has 0 radical (unpaired) electrons. The second kappa shape index (κ2) is 5.64. The van der Waals surface area contributed by atoms with E-state index in [9.17, 15) is 4.79 Å². The van der Waals surface area contributed by atoms with Gasteiger partial charge in [0.2, 0.25) is 0 Å². The highest BCUT2D eigenvalue weighted by Crippen LogP contribution is 2.27. The Balaban J connectivity index is 2.11. The van der Waals surface area contributed by atoms with Gasteiger partial charge in [-0.3, -0.25) is 0 Å². The van der Waals surface area contributed by atoms with Crippen LogP contribution in [0.25, 0.3) is 0 Å². The van der Waals surface area contributed by atoms with Crippen LogP contribution in [-0.4, -0.2) is 12.1 Å². The van der Waals surface area contributed by atoms with E-state index in [-0.39, 0.29) is 12.1 Å². The van der Waals surface area contributed by atoms with Crippen molar-refractivity contribution in [3.63, 3.8) is 0 Å². The number of carbonyl (C=O) groups is 1. The number of carbonyl (C=O) groups excluding carboxylic acids is 1. The summed E-state index contributed by atoms with van der Waals surface area (Å²) in [6.07, 6.45) is 4.42. The zero-order chi connectivity index (χ0) is 14.0. The van der Waals surface area contributed by atoms with Crippen LogP contribution in [-0.2, 0) is 4.74 Å². The molecule has 19 heavy (non-hydrogen) atoms. The summed E-state index contributed by atoms with van der Waals surface area (Å²) in [6.45, 7) is 6.12. The average Bonchev–Trinajstić information content (AvgIpc) is 2.33. The van der Waals surface area contributed by atoms with E-state index in [1.165, 1.54) is 6.42 Å². The molecule has 3 heteroatoms. The first-order valence-corrected chi connectivity index (χ1v) is 7.05. The van der Waals surface area contributed by atoms with Crippen LogP contribution in [0.15, 0.2) is 12.1 Å². The lowest BCUT2D eigenvalue weighted by molar-refractivity contribution is 0.0154. The number of ether oxygens (including phenoxy) is 1. The Morgan fingerprint density at radius 2 is 2.05 bits per heavy atom. The molecule has 3 nitrogen and oxygen atoms in total. The lowest BCUT2D eigenvalue weighted by Gasteiger charge is -2.26. The molecule has 1 aliphatic carbocycles. The molecule has 2 unspecified atom stereocenters. The van der Waals surface area contributed by atoms with E-state index in [4.69, 9.17) is 10.5 Å². The summed E-state index contributed by atoms with van der Waals surface area (Å²) in [7, 11) is 0. The quantitative estimate of drug-likeness (QED) is 0.653. The molecule has 0 spiro atoms. The van der Waals surface area contributed by atoms with Crippen molar-refractivity contribution < 1.29 is 9.53 Å². The molecule has 104 valence electrons.